The number of nitrogens with zero attached hydrogens (tertiary/aromatic N) is 2. The molecule has 1 aromatic carbocycles. The maximum absolute atomic E-state index is 12.0. The van der Waals surface area contributed by atoms with Crippen molar-refractivity contribution in [3.05, 3.63) is 24.3 Å². The molecule has 2 fully saturated rings. The van der Waals surface area contributed by atoms with Crippen LogP contribution in [0, 0.1) is 5.92 Å². The van der Waals surface area contributed by atoms with Gasteiger partial charge in [-0.05, 0) is 56.4 Å². The van der Waals surface area contributed by atoms with Gasteiger partial charge in [-0.3, -0.25) is 9.59 Å². The van der Waals surface area contributed by atoms with Crippen molar-refractivity contribution in [3.63, 3.8) is 0 Å². The van der Waals surface area contributed by atoms with E-state index in [1.54, 1.807) is 11.8 Å². The first-order valence-electron chi connectivity index (χ1n) is 9.56. The molecule has 2 amide bonds. The van der Waals surface area contributed by atoms with Crippen molar-refractivity contribution in [3.8, 4) is 0 Å². The van der Waals surface area contributed by atoms with Crippen molar-refractivity contribution in [1.29, 1.82) is 0 Å². The van der Waals surface area contributed by atoms with Crippen molar-refractivity contribution >= 4 is 23.2 Å². The summed E-state index contributed by atoms with van der Waals surface area (Å²) in [5.74, 6) is 0.327. The molecule has 1 aliphatic heterocycles. The van der Waals surface area contributed by atoms with Crippen molar-refractivity contribution in [1.82, 2.24) is 5.32 Å². The standard InChI is InChI=1S/C20H29N3O2/c1-16(24)23(15-12-21-20(25)17-6-5-7-17)19-10-8-18(9-11-19)22-13-3-2-4-14-22/h8-11,17H,2-7,12-15H2,1H3,(H,21,25). The monoisotopic (exact) mass is 343 g/mol. The highest BCUT2D eigenvalue weighted by Gasteiger charge is 2.25. The number of amides is 2. The highest BCUT2D eigenvalue weighted by atomic mass is 16.2. The second kappa shape index (κ2) is 8.37. The van der Waals surface area contributed by atoms with Crippen LogP contribution < -0.4 is 15.1 Å². The van der Waals surface area contributed by atoms with Gasteiger partial charge in [-0.25, -0.2) is 0 Å². The Bertz CT molecular complexity index is 589. The van der Waals surface area contributed by atoms with Crippen LogP contribution in [0.4, 0.5) is 11.4 Å². The lowest BCUT2D eigenvalue weighted by Crippen LogP contribution is -2.41. The Balaban J connectivity index is 1.55. The summed E-state index contributed by atoms with van der Waals surface area (Å²) < 4.78 is 0. The lowest BCUT2D eigenvalue weighted by molar-refractivity contribution is -0.127. The van der Waals surface area contributed by atoms with E-state index in [0.717, 1.165) is 38.0 Å². The van der Waals surface area contributed by atoms with Gasteiger partial charge in [-0.15, -0.1) is 0 Å². The summed E-state index contributed by atoms with van der Waals surface area (Å²) in [6.07, 6.45) is 6.98. The predicted molar refractivity (Wildman–Crippen MR) is 101 cm³/mol. The number of nitrogens with one attached hydrogen (secondary N) is 1. The first-order chi connectivity index (χ1) is 12.1. The Labute approximate surface area is 150 Å². The molecule has 5 nitrogen and oxygen atoms in total. The van der Waals surface area contributed by atoms with E-state index in [1.165, 1.54) is 24.9 Å². The molecule has 0 radical (unpaired) electrons. The van der Waals surface area contributed by atoms with Crippen LogP contribution in [0.2, 0.25) is 0 Å². The molecule has 1 aliphatic carbocycles. The van der Waals surface area contributed by atoms with E-state index in [1.807, 2.05) is 12.1 Å². The Kier molecular flexibility index (Phi) is 5.95. The van der Waals surface area contributed by atoms with E-state index >= 15 is 0 Å². The molecular weight excluding hydrogens is 314 g/mol. The molecular formula is C20H29N3O2. The molecule has 1 saturated carbocycles. The smallest absolute Gasteiger partial charge is 0.223 e. The van der Waals surface area contributed by atoms with Gasteiger partial charge in [0.1, 0.15) is 0 Å². The molecule has 2 aliphatic rings. The number of benzene rings is 1. The van der Waals surface area contributed by atoms with Crippen LogP contribution in [-0.2, 0) is 9.59 Å². The zero-order chi connectivity index (χ0) is 17.6. The van der Waals surface area contributed by atoms with Gasteiger partial charge >= 0.3 is 0 Å². The second-order valence-electron chi connectivity index (χ2n) is 7.15. The minimum atomic E-state index is 0.00335. The maximum Gasteiger partial charge on any atom is 0.223 e. The first-order valence-corrected chi connectivity index (χ1v) is 9.56. The van der Waals surface area contributed by atoms with Crippen molar-refractivity contribution < 1.29 is 9.59 Å². The van der Waals surface area contributed by atoms with Gasteiger partial charge in [0.05, 0.1) is 0 Å². The summed E-state index contributed by atoms with van der Waals surface area (Å²) in [7, 11) is 0. The Morgan fingerprint density at radius 2 is 1.76 bits per heavy atom. The van der Waals surface area contributed by atoms with Gasteiger partial charge in [0.2, 0.25) is 11.8 Å². The number of anilines is 2. The lowest BCUT2D eigenvalue weighted by atomic mass is 9.85. The molecule has 1 saturated heterocycles. The number of rotatable bonds is 6. The van der Waals surface area contributed by atoms with Gasteiger partial charge in [0.15, 0.2) is 0 Å². The Morgan fingerprint density at radius 3 is 2.32 bits per heavy atom. The number of hydrogen-bond donors (Lipinski definition) is 1. The zero-order valence-corrected chi connectivity index (χ0v) is 15.2. The van der Waals surface area contributed by atoms with Gasteiger partial charge in [0.25, 0.3) is 0 Å². The van der Waals surface area contributed by atoms with Crippen LogP contribution in [0.5, 0.6) is 0 Å². The highest BCUT2D eigenvalue weighted by molar-refractivity contribution is 5.91. The maximum atomic E-state index is 12.0. The molecule has 0 atom stereocenters. The van der Waals surface area contributed by atoms with E-state index in [-0.39, 0.29) is 17.7 Å². The molecule has 1 heterocycles. The Morgan fingerprint density at radius 1 is 1.08 bits per heavy atom. The minimum Gasteiger partial charge on any atom is -0.372 e. The van der Waals surface area contributed by atoms with E-state index in [9.17, 15) is 9.59 Å². The molecule has 0 spiro atoms. The lowest BCUT2D eigenvalue weighted by Gasteiger charge is -2.29. The first kappa shape index (κ1) is 17.8. The van der Waals surface area contributed by atoms with Crippen LogP contribution in [0.1, 0.15) is 45.4 Å². The predicted octanol–water partition coefficient (Wildman–Crippen LogP) is 2.95. The topological polar surface area (TPSA) is 52.7 Å². The van der Waals surface area contributed by atoms with E-state index in [0.29, 0.717) is 13.1 Å². The summed E-state index contributed by atoms with van der Waals surface area (Å²) in [4.78, 5) is 28.1. The quantitative estimate of drug-likeness (QED) is 0.864. The van der Waals surface area contributed by atoms with E-state index < -0.39 is 0 Å². The Hall–Kier alpha value is -2.04. The van der Waals surface area contributed by atoms with Crippen LogP contribution in [0.3, 0.4) is 0 Å². The average molecular weight is 343 g/mol. The van der Waals surface area contributed by atoms with Gasteiger partial charge < -0.3 is 15.1 Å². The average Bonchev–Trinajstić information content (AvgIpc) is 2.58. The molecule has 25 heavy (non-hydrogen) atoms. The number of hydrogen-bond acceptors (Lipinski definition) is 3. The summed E-state index contributed by atoms with van der Waals surface area (Å²) in [6.45, 7) is 4.82. The van der Waals surface area contributed by atoms with Crippen molar-refractivity contribution in [2.75, 3.05) is 36.0 Å². The van der Waals surface area contributed by atoms with Crippen LogP contribution >= 0.6 is 0 Å². The summed E-state index contributed by atoms with van der Waals surface area (Å²) in [6, 6.07) is 8.23. The zero-order valence-electron chi connectivity index (χ0n) is 15.2. The third-order valence-electron chi connectivity index (χ3n) is 5.37. The molecule has 0 aromatic heterocycles. The molecule has 5 heteroatoms. The largest absolute Gasteiger partial charge is 0.372 e. The fourth-order valence-corrected chi connectivity index (χ4v) is 3.57. The van der Waals surface area contributed by atoms with Crippen LogP contribution in [0.25, 0.3) is 0 Å². The SMILES string of the molecule is CC(=O)N(CCNC(=O)C1CCC1)c1ccc(N2CCCCC2)cc1. The highest BCUT2D eigenvalue weighted by Crippen LogP contribution is 2.26. The summed E-state index contributed by atoms with van der Waals surface area (Å²) in [5, 5.41) is 2.96. The third kappa shape index (κ3) is 4.53. The molecule has 0 unspecified atom stereocenters. The minimum absolute atomic E-state index is 0.00335. The summed E-state index contributed by atoms with van der Waals surface area (Å²) in [5.41, 5.74) is 2.12. The van der Waals surface area contributed by atoms with Crippen molar-refractivity contribution in [2.24, 2.45) is 5.92 Å². The molecule has 136 valence electrons. The number of piperidine rings is 1. The van der Waals surface area contributed by atoms with Gasteiger partial charge in [-0.2, -0.15) is 0 Å². The number of carbonyl (C=O) groups is 2. The molecule has 1 N–H and O–H groups in total. The normalized spacial score (nSPS) is 17.7. The van der Waals surface area contributed by atoms with Gasteiger partial charge in [-0.1, -0.05) is 6.42 Å². The summed E-state index contributed by atoms with van der Waals surface area (Å²) >= 11 is 0. The van der Waals surface area contributed by atoms with E-state index in [2.05, 4.69) is 22.3 Å². The third-order valence-corrected chi connectivity index (χ3v) is 5.37. The number of carbonyl (C=O) groups excluding carboxylic acids is 2. The van der Waals surface area contributed by atoms with Crippen LogP contribution in [0.15, 0.2) is 24.3 Å². The molecule has 3 rings (SSSR count). The van der Waals surface area contributed by atoms with Crippen LogP contribution in [-0.4, -0.2) is 38.0 Å². The van der Waals surface area contributed by atoms with E-state index in [4.69, 9.17) is 0 Å². The fourth-order valence-electron chi connectivity index (χ4n) is 3.57. The fraction of sp³-hybridized carbons (Fsp3) is 0.600. The molecule has 1 aromatic rings. The van der Waals surface area contributed by atoms with Gasteiger partial charge in [0, 0.05) is 50.4 Å². The second-order valence-corrected chi connectivity index (χ2v) is 7.15. The molecule has 0 bridgehead atoms. The van der Waals surface area contributed by atoms with Crippen molar-refractivity contribution in [2.45, 2.75) is 45.4 Å².